The summed E-state index contributed by atoms with van der Waals surface area (Å²) in [5, 5.41) is 10.4. The van der Waals surface area contributed by atoms with Gasteiger partial charge in [-0.3, -0.25) is 4.98 Å². The van der Waals surface area contributed by atoms with Crippen LogP contribution in [-0.2, 0) is 0 Å². The molecule has 0 saturated carbocycles. The molecule has 0 spiro atoms. The van der Waals surface area contributed by atoms with Crippen molar-refractivity contribution in [2.45, 2.75) is 0 Å². The Morgan fingerprint density at radius 2 is 2.07 bits per heavy atom. The molecule has 0 amide bonds. The molecule has 2 heterocycles. The number of halogens is 1. The molecule has 0 fully saturated rings. The number of rotatable bonds is 2. The van der Waals surface area contributed by atoms with Gasteiger partial charge < -0.3 is 4.90 Å². The highest BCUT2D eigenvalue weighted by atomic mass is 35.5. The van der Waals surface area contributed by atoms with Gasteiger partial charge in [-0.2, -0.15) is 0 Å². The van der Waals surface area contributed by atoms with E-state index in [1.165, 1.54) is 11.3 Å². The Labute approximate surface area is 96.5 Å². The molecule has 2 aromatic heterocycles. The first-order valence-electron chi connectivity index (χ1n) is 4.28. The zero-order valence-electron chi connectivity index (χ0n) is 8.31. The fraction of sp³-hybridized carbons (Fsp3) is 0.222. The molecule has 78 valence electrons. The lowest BCUT2D eigenvalue weighted by Crippen LogP contribution is -2.07. The van der Waals surface area contributed by atoms with Gasteiger partial charge >= 0.3 is 0 Å². The van der Waals surface area contributed by atoms with Crippen LogP contribution in [0.1, 0.15) is 0 Å². The second-order valence-corrected chi connectivity index (χ2v) is 4.57. The molecule has 0 saturated heterocycles. The SMILES string of the molecule is CN(C)c1nnc(-c2cncc(Cl)c2)s1. The van der Waals surface area contributed by atoms with Crippen LogP contribution in [0.5, 0.6) is 0 Å². The Balaban J connectivity index is 2.37. The Morgan fingerprint density at radius 3 is 2.67 bits per heavy atom. The van der Waals surface area contributed by atoms with Crippen molar-refractivity contribution in [3.8, 4) is 10.6 Å². The van der Waals surface area contributed by atoms with Crippen molar-refractivity contribution < 1.29 is 0 Å². The molecule has 2 rings (SSSR count). The van der Waals surface area contributed by atoms with Gasteiger partial charge in [-0.1, -0.05) is 22.9 Å². The Morgan fingerprint density at radius 1 is 1.27 bits per heavy atom. The second kappa shape index (κ2) is 4.12. The lowest BCUT2D eigenvalue weighted by Gasteiger charge is -2.03. The molecule has 15 heavy (non-hydrogen) atoms. The smallest absolute Gasteiger partial charge is 0.208 e. The van der Waals surface area contributed by atoms with Gasteiger partial charge in [-0.05, 0) is 6.07 Å². The average molecular weight is 241 g/mol. The van der Waals surface area contributed by atoms with Gasteiger partial charge in [0.05, 0.1) is 5.02 Å². The van der Waals surface area contributed by atoms with Crippen LogP contribution in [0.25, 0.3) is 10.6 Å². The lowest BCUT2D eigenvalue weighted by atomic mass is 10.3. The van der Waals surface area contributed by atoms with Crippen molar-refractivity contribution in [1.82, 2.24) is 15.2 Å². The molecule has 4 nitrogen and oxygen atoms in total. The third kappa shape index (κ3) is 2.24. The van der Waals surface area contributed by atoms with E-state index in [-0.39, 0.29) is 0 Å². The van der Waals surface area contributed by atoms with Crippen LogP contribution < -0.4 is 4.90 Å². The summed E-state index contributed by atoms with van der Waals surface area (Å²) in [6.07, 6.45) is 3.32. The fourth-order valence-corrected chi connectivity index (χ4v) is 1.96. The van der Waals surface area contributed by atoms with Gasteiger partial charge in [0, 0.05) is 32.1 Å². The highest BCUT2D eigenvalue weighted by Gasteiger charge is 2.08. The van der Waals surface area contributed by atoms with E-state index in [0.717, 1.165) is 15.7 Å². The topological polar surface area (TPSA) is 41.9 Å². The summed E-state index contributed by atoms with van der Waals surface area (Å²) in [4.78, 5) is 5.92. The first kappa shape index (κ1) is 10.3. The minimum Gasteiger partial charge on any atom is -0.353 e. The third-order valence-electron chi connectivity index (χ3n) is 1.75. The van der Waals surface area contributed by atoms with Crippen molar-refractivity contribution in [2.75, 3.05) is 19.0 Å². The van der Waals surface area contributed by atoms with E-state index in [4.69, 9.17) is 11.6 Å². The summed E-state index contributed by atoms with van der Waals surface area (Å²) in [6.45, 7) is 0. The van der Waals surface area contributed by atoms with Crippen molar-refractivity contribution in [2.24, 2.45) is 0 Å². The minimum atomic E-state index is 0.606. The molecule has 0 unspecified atom stereocenters. The highest BCUT2D eigenvalue weighted by Crippen LogP contribution is 2.28. The first-order valence-corrected chi connectivity index (χ1v) is 5.48. The van der Waals surface area contributed by atoms with Crippen molar-refractivity contribution >= 4 is 28.1 Å². The average Bonchev–Trinajstić information content (AvgIpc) is 2.66. The van der Waals surface area contributed by atoms with Crippen molar-refractivity contribution in [3.63, 3.8) is 0 Å². The van der Waals surface area contributed by atoms with E-state index >= 15 is 0 Å². The maximum Gasteiger partial charge on any atom is 0.208 e. The predicted molar refractivity (Wildman–Crippen MR) is 62.5 cm³/mol. The quantitative estimate of drug-likeness (QED) is 0.808. The maximum atomic E-state index is 5.85. The van der Waals surface area contributed by atoms with Crippen LogP contribution >= 0.6 is 22.9 Å². The summed E-state index contributed by atoms with van der Waals surface area (Å²) < 4.78 is 0. The molecule has 0 aliphatic rings. The van der Waals surface area contributed by atoms with E-state index < -0.39 is 0 Å². The van der Waals surface area contributed by atoms with Crippen LogP contribution in [0.15, 0.2) is 18.5 Å². The third-order valence-corrected chi connectivity index (χ3v) is 3.10. The standard InChI is InChI=1S/C9H9ClN4S/c1-14(2)9-13-12-8(15-9)6-3-7(10)5-11-4-6/h3-5H,1-2H3. The summed E-state index contributed by atoms with van der Waals surface area (Å²) >= 11 is 7.36. The van der Waals surface area contributed by atoms with E-state index in [2.05, 4.69) is 15.2 Å². The number of hydrogen-bond donors (Lipinski definition) is 0. The Bertz CT molecular complexity index is 469. The van der Waals surface area contributed by atoms with E-state index in [1.807, 2.05) is 25.1 Å². The van der Waals surface area contributed by atoms with Crippen LogP contribution in [0.4, 0.5) is 5.13 Å². The normalized spacial score (nSPS) is 10.3. The van der Waals surface area contributed by atoms with E-state index in [1.54, 1.807) is 12.4 Å². The molecule has 6 heteroatoms. The molecule has 0 aromatic carbocycles. The van der Waals surface area contributed by atoms with Crippen molar-refractivity contribution in [1.29, 1.82) is 0 Å². The predicted octanol–water partition coefficient (Wildman–Crippen LogP) is 2.32. The first-order chi connectivity index (χ1) is 7.16. The summed E-state index contributed by atoms with van der Waals surface area (Å²) in [6, 6.07) is 1.83. The summed E-state index contributed by atoms with van der Waals surface area (Å²) in [5.74, 6) is 0. The van der Waals surface area contributed by atoms with Gasteiger partial charge in [-0.15, -0.1) is 10.2 Å². The van der Waals surface area contributed by atoms with Crippen LogP contribution in [0, 0.1) is 0 Å². The number of aromatic nitrogens is 3. The maximum absolute atomic E-state index is 5.85. The molecular weight excluding hydrogens is 232 g/mol. The fourth-order valence-electron chi connectivity index (χ4n) is 1.04. The zero-order valence-corrected chi connectivity index (χ0v) is 9.88. The highest BCUT2D eigenvalue weighted by molar-refractivity contribution is 7.18. The van der Waals surface area contributed by atoms with Gasteiger partial charge in [0.15, 0.2) is 5.01 Å². The lowest BCUT2D eigenvalue weighted by molar-refractivity contribution is 1.02. The number of anilines is 1. The van der Waals surface area contributed by atoms with Gasteiger partial charge in [-0.25, -0.2) is 0 Å². The molecule has 0 bridgehead atoms. The van der Waals surface area contributed by atoms with Gasteiger partial charge in [0.25, 0.3) is 0 Å². The Hall–Kier alpha value is -1.20. The number of nitrogens with zero attached hydrogens (tertiary/aromatic N) is 4. The molecule has 2 aromatic rings. The van der Waals surface area contributed by atoms with Gasteiger partial charge in [0.1, 0.15) is 0 Å². The van der Waals surface area contributed by atoms with Crippen molar-refractivity contribution in [3.05, 3.63) is 23.5 Å². The largest absolute Gasteiger partial charge is 0.353 e. The second-order valence-electron chi connectivity index (χ2n) is 3.18. The minimum absolute atomic E-state index is 0.606. The zero-order chi connectivity index (χ0) is 10.8. The Kier molecular flexibility index (Phi) is 2.83. The molecule has 0 N–H and O–H groups in total. The van der Waals surface area contributed by atoms with Crippen LogP contribution in [-0.4, -0.2) is 29.3 Å². The number of pyridine rings is 1. The summed E-state index contributed by atoms with van der Waals surface area (Å²) in [7, 11) is 3.86. The van der Waals surface area contributed by atoms with Crippen LogP contribution in [0.2, 0.25) is 5.02 Å². The molecule has 0 aliphatic carbocycles. The molecule has 0 radical (unpaired) electrons. The van der Waals surface area contributed by atoms with E-state index in [9.17, 15) is 0 Å². The number of hydrogen-bond acceptors (Lipinski definition) is 5. The molecule has 0 aliphatic heterocycles. The molecule has 0 atom stereocenters. The van der Waals surface area contributed by atoms with E-state index in [0.29, 0.717) is 5.02 Å². The van der Waals surface area contributed by atoms with Gasteiger partial charge in [0.2, 0.25) is 5.13 Å². The van der Waals surface area contributed by atoms with Crippen LogP contribution in [0.3, 0.4) is 0 Å². The monoisotopic (exact) mass is 240 g/mol. The molecular formula is C9H9ClN4S. The summed E-state index contributed by atoms with van der Waals surface area (Å²) in [5.41, 5.74) is 0.896.